The lowest BCUT2D eigenvalue weighted by molar-refractivity contribution is -0.142. The topological polar surface area (TPSA) is 49.9 Å². The highest BCUT2D eigenvalue weighted by Crippen LogP contribution is 2.38. The second kappa shape index (κ2) is 9.54. The van der Waals surface area contributed by atoms with Gasteiger partial charge >= 0.3 is 0 Å². The third-order valence-electron chi connectivity index (χ3n) is 5.02. The minimum atomic E-state index is -0.152. The Balaban J connectivity index is 1.86. The van der Waals surface area contributed by atoms with Crippen LogP contribution in [0.25, 0.3) is 0 Å². The minimum absolute atomic E-state index is 0.0401. The molecular weight excluding hydrogens is 396 g/mol. The highest BCUT2D eigenvalue weighted by Gasteiger charge is 2.33. The predicted molar refractivity (Wildman–Crippen MR) is 112 cm³/mol. The summed E-state index contributed by atoms with van der Waals surface area (Å²) in [5.74, 6) is -0.0867. The summed E-state index contributed by atoms with van der Waals surface area (Å²) in [6.07, 6.45) is 1.20. The summed E-state index contributed by atoms with van der Waals surface area (Å²) < 4.78 is 5.10. The number of hydrogen-bond acceptors (Lipinski definition) is 4. The van der Waals surface area contributed by atoms with E-state index in [-0.39, 0.29) is 24.4 Å². The first kappa shape index (κ1) is 20.8. The van der Waals surface area contributed by atoms with Gasteiger partial charge in [-0.2, -0.15) is 0 Å². The van der Waals surface area contributed by atoms with Gasteiger partial charge in [-0.1, -0.05) is 30.7 Å². The molecule has 1 aliphatic heterocycles. The van der Waals surface area contributed by atoms with E-state index in [1.807, 2.05) is 36.1 Å². The van der Waals surface area contributed by atoms with Crippen molar-refractivity contribution in [2.75, 3.05) is 33.4 Å². The Kier molecular flexibility index (Phi) is 7.10. The van der Waals surface area contributed by atoms with E-state index in [1.165, 1.54) is 4.88 Å². The van der Waals surface area contributed by atoms with E-state index in [0.29, 0.717) is 31.1 Å². The number of carbonyl (C=O) groups excluding carboxylic acids is 2. The number of carbonyl (C=O) groups is 2. The van der Waals surface area contributed by atoms with Crippen molar-refractivity contribution in [2.24, 2.45) is 0 Å². The summed E-state index contributed by atoms with van der Waals surface area (Å²) in [7, 11) is 1.59. The first-order chi connectivity index (χ1) is 13.5. The van der Waals surface area contributed by atoms with Gasteiger partial charge < -0.3 is 14.5 Å². The Labute approximate surface area is 174 Å². The van der Waals surface area contributed by atoms with Crippen molar-refractivity contribution >= 4 is 34.8 Å². The van der Waals surface area contributed by atoms with Crippen LogP contribution in [0.3, 0.4) is 0 Å². The summed E-state index contributed by atoms with van der Waals surface area (Å²) in [5.41, 5.74) is 2.19. The summed E-state index contributed by atoms with van der Waals surface area (Å²) in [6.45, 7) is 3.34. The lowest BCUT2D eigenvalue weighted by Gasteiger charge is -2.37. The van der Waals surface area contributed by atoms with Crippen LogP contribution < -0.4 is 0 Å². The Hall–Kier alpha value is -1.89. The van der Waals surface area contributed by atoms with Gasteiger partial charge in [0, 0.05) is 36.5 Å². The van der Waals surface area contributed by atoms with Crippen LogP contribution >= 0.6 is 22.9 Å². The van der Waals surface area contributed by atoms with Gasteiger partial charge in [0.25, 0.3) is 0 Å². The van der Waals surface area contributed by atoms with E-state index in [9.17, 15) is 9.59 Å². The normalized spacial score (nSPS) is 16.0. The highest BCUT2D eigenvalue weighted by molar-refractivity contribution is 7.10. The molecule has 2 amide bonds. The number of hydrogen-bond donors (Lipinski definition) is 0. The molecule has 0 radical (unpaired) electrons. The third kappa shape index (κ3) is 4.57. The maximum atomic E-state index is 13.2. The predicted octanol–water partition coefficient (Wildman–Crippen LogP) is 3.76. The zero-order valence-corrected chi connectivity index (χ0v) is 17.8. The molecular formula is C21H25ClN2O3S. The van der Waals surface area contributed by atoms with Gasteiger partial charge in [0.2, 0.25) is 11.8 Å². The monoisotopic (exact) mass is 420 g/mol. The Morgan fingerprint density at radius 1 is 1.29 bits per heavy atom. The van der Waals surface area contributed by atoms with E-state index in [1.54, 1.807) is 23.3 Å². The lowest BCUT2D eigenvalue weighted by Crippen LogP contribution is -2.47. The average molecular weight is 421 g/mol. The summed E-state index contributed by atoms with van der Waals surface area (Å²) >= 11 is 7.79. The molecule has 0 aliphatic carbocycles. The van der Waals surface area contributed by atoms with Crippen LogP contribution in [0.5, 0.6) is 0 Å². The summed E-state index contributed by atoms with van der Waals surface area (Å²) in [5, 5.41) is 2.75. The molecule has 7 heteroatoms. The lowest BCUT2D eigenvalue weighted by atomic mass is 9.93. The van der Waals surface area contributed by atoms with Crippen molar-refractivity contribution in [3.63, 3.8) is 0 Å². The number of rotatable bonds is 7. The van der Waals surface area contributed by atoms with Gasteiger partial charge in [0.05, 0.1) is 19.2 Å². The van der Waals surface area contributed by atoms with E-state index in [4.69, 9.17) is 16.3 Å². The van der Waals surface area contributed by atoms with Crippen LogP contribution in [-0.2, 0) is 20.7 Å². The van der Waals surface area contributed by atoms with Crippen LogP contribution in [-0.4, -0.2) is 55.0 Å². The highest BCUT2D eigenvalue weighted by atomic mass is 35.5. The van der Waals surface area contributed by atoms with Crippen molar-refractivity contribution in [3.05, 3.63) is 56.7 Å². The molecule has 0 fully saturated rings. The zero-order valence-electron chi connectivity index (χ0n) is 16.2. The Bertz CT molecular complexity index is 821. The van der Waals surface area contributed by atoms with Crippen molar-refractivity contribution < 1.29 is 14.3 Å². The van der Waals surface area contributed by atoms with Gasteiger partial charge in [0.1, 0.15) is 0 Å². The van der Waals surface area contributed by atoms with Crippen molar-refractivity contribution in [1.82, 2.24) is 9.80 Å². The largest absolute Gasteiger partial charge is 0.383 e. The minimum Gasteiger partial charge on any atom is -0.383 e. The second-order valence-corrected chi connectivity index (χ2v) is 8.19. The average Bonchev–Trinajstić information content (AvgIpc) is 3.19. The molecule has 0 bridgehead atoms. The SMILES string of the molecule is CCC(=O)N(CCOC)CC(=O)N1CCc2sccc2C1c1ccc(Cl)cc1. The number of nitrogens with zero attached hydrogens (tertiary/aromatic N) is 2. The first-order valence-corrected chi connectivity index (χ1v) is 10.7. The number of methoxy groups -OCH3 is 1. The van der Waals surface area contributed by atoms with E-state index in [0.717, 1.165) is 17.5 Å². The Morgan fingerprint density at radius 2 is 2.04 bits per heavy atom. The van der Waals surface area contributed by atoms with E-state index < -0.39 is 0 Å². The summed E-state index contributed by atoms with van der Waals surface area (Å²) in [6, 6.07) is 9.59. The van der Waals surface area contributed by atoms with Gasteiger partial charge in [-0.05, 0) is 41.1 Å². The zero-order chi connectivity index (χ0) is 20.1. The maximum absolute atomic E-state index is 13.2. The molecule has 0 saturated carbocycles. The molecule has 2 aromatic rings. The number of fused-ring (bicyclic) bond motifs is 1. The van der Waals surface area contributed by atoms with Crippen LogP contribution in [0.4, 0.5) is 0 Å². The smallest absolute Gasteiger partial charge is 0.242 e. The van der Waals surface area contributed by atoms with Gasteiger partial charge in [-0.25, -0.2) is 0 Å². The molecule has 1 aromatic heterocycles. The number of amides is 2. The van der Waals surface area contributed by atoms with Crippen LogP contribution in [0, 0.1) is 0 Å². The van der Waals surface area contributed by atoms with Gasteiger partial charge in [-0.15, -0.1) is 11.3 Å². The molecule has 2 heterocycles. The van der Waals surface area contributed by atoms with Gasteiger partial charge in [-0.3, -0.25) is 9.59 Å². The quantitative estimate of drug-likeness (QED) is 0.685. The fraction of sp³-hybridized carbons (Fsp3) is 0.429. The van der Waals surface area contributed by atoms with Crippen LogP contribution in [0.1, 0.15) is 35.4 Å². The van der Waals surface area contributed by atoms with Crippen molar-refractivity contribution in [2.45, 2.75) is 25.8 Å². The number of benzene rings is 1. The van der Waals surface area contributed by atoms with Crippen LogP contribution in [0.15, 0.2) is 35.7 Å². The number of halogens is 1. The van der Waals surface area contributed by atoms with E-state index in [2.05, 4.69) is 11.4 Å². The molecule has 1 aliphatic rings. The number of thiophene rings is 1. The fourth-order valence-corrected chi connectivity index (χ4v) is 4.59. The molecule has 1 unspecified atom stereocenters. The summed E-state index contributed by atoms with van der Waals surface area (Å²) in [4.78, 5) is 30.3. The number of ether oxygens (including phenoxy) is 1. The molecule has 3 rings (SSSR count). The van der Waals surface area contributed by atoms with Crippen LogP contribution in [0.2, 0.25) is 5.02 Å². The van der Waals surface area contributed by atoms with E-state index >= 15 is 0 Å². The second-order valence-electron chi connectivity index (χ2n) is 6.75. The first-order valence-electron chi connectivity index (χ1n) is 9.43. The molecule has 150 valence electrons. The fourth-order valence-electron chi connectivity index (χ4n) is 3.56. The maximum Gasteiger partial charge on any atom is 0.242 e. The Morgan fingerprint density at radius 3 is 2.71 bits per heavy atom. The molecule has 0 N–H and O–H groups in total. The molecule has 0 saturated heterocycles. The van der Waals surface area contributed by atoms with Gasteiger partial charge in [0.15, 0.2) is 0 Å². The standard InChI is InChI=1S/C21H25ClN2O3S/c1-3-19(25)23(11-12-27-2)14-20(26)24-10-8-18-17(9-13-28-18)21(24)15-4-6-16(22)7-5-15/h4-7,9,13,21H,3,8,10-12,14H2,1-2H3. The van der Waals surface area contributed by atoms with Crippen molar-refractivity contribution in [3.8, 4) is 0 Å². The van der Waals surface area contributed by atoms with Crippen molar-refractivity contribution in [1.29, 1.82) is 0 Å². The molecule has 0 spiro atoms. The molecule has 5 nitrogen and oxygen atoms in total. The third-order valence-corrected chi connectivity index (χ3v) is 6.27. The molecule has 28 heavy (non-hydrogen) atoms. The molecule has 1 atom stereocenters. The molecule has 1 aromatic carbocycles.